The fourth-order valence-electron chi connectivity index (χ4n) is 3.35. The number of aliphatic hydroxyl groups is 1. The molecule has 1 aliphatic carbocycles. The van der Waals surface area contributed by atoms with Crippen LogP contribution in [0.4, 0.5) is 0 Å². The summed E-state index contributed by atoms with van der Waals surface area (Å²) in [6, 6.07) is 1.37. The first-order valence-corrected chi connectivity index (χ1v) is 8.23. The zero-order valence-electron chi connectivity index (χ0n) is 13.2. The number of guanidine groups is 1. The van der Waals surface area contributed by atoms with Gasteiger partial charge in [0.05, 0.1) is 13.2 Å². The van der Waals surface area contributed by atoms with Crippen molar-refractivity contribution in [3.05, 3.63) is 0 Å². The lowest BCUT2D eigenvalue weighted by atomic mass is 10.0. The van der Waals surface area contributed by atoms with Crippen LogP contribution in [0.25, 0.3) is 0 Å². The van der Waals surface area contributed by atoms with Gasteiger partial charge in [-0.1, -0.05) is 12.8 Å². The first-order valence-electron chi connectivity index (χ1n) is 8.23. The quantitative estimate of drug-likeness (QED) is 0.366. The molecule has 1 saturated carbocycles. The number of hydrogen-bond donors (Lipinski definition) is 3. The van der Waals surface area contributed by atoms with Crippen LogP contribution in [-0.2, 0) is 0 Å². The van der Waals surface area contributed by atoms with Gasteiger partial charge in [-0.3, -0.25) is 4.99 Å². The molecule has 0 unspecified atom stereocenters. The van der Waals surface area contributed by atoms with Crippen LogP contribution >= 0.6 is 24.0 Å². The van der Waals surface area contributed by atoms with Crippen molar-refractivity contribution in [1.29, 1.82) is 0 Å². The second-order valence-corrected chi connectivity index (χ2v) is 5.88. The minimum absolute atomic E-state index is 0. The molecule has 0 bridgehead atoms. The third-order valence-electron chi connectivity index (χ3n) is 4.43. The van der Waals surface area contributed by atoms with Crippen molar-refractivity contribution in [3.8, 4) is 0 Å². The number of nitrogens with one attached hydrogen (secondary N) is 2. The molecule has 2 fully saturated rings. The van der Waals surface area contributed by atoms with E-state index in [0.29, 0.717) is 12.6 Å². The Morgan fingerprint density at radius 3 is 2.43 bits per heavy atom. The van der Waals surface area contributed by atoms with Gasteiger partial charge in [0.2, 0.25) is 0 Å². The molecule has 1 saturated heterocycles. The van der Waals surface area contributed by atoms with E-state index in [4.69, 9.17) is 5.11 Å². The van der Waals surface area contributed by atoms with Crippen LogP contribution in [0.1, 0.15) is 45.4 Å². The summed E-state index contributed by atoms with van der Waals surface area (Å²) in [6.45, 7) is 5.92. The SMILES string of the molecule is CCNC(=NCCO)NC1CCN(C2CCCC2)CC1.I. The van der Waals surface area contributed by atoms with E-state index in [0.717, 1.165) is 18.5 Å². The van der Waals surface area contributed by atoms with Crippen LogP contribution in [-0.4, -0.2) is 60.8 Å². The molecular weight excluding hydrogens is 379 g/mol. The van der Waals surface area contributed by atoms with E-state index >= 15 is 0 Å². The summed E-state index contributed by atoms with van der Waals surface area (Å²) in [5.41, 5.74) is 0. The van der Waals surface area contributed by atoms with E-state index < -0.39 is 0 Å². The molecular formula is C15H31IN4O. The number of likely N-dealkylation sites (tertiary alicyclic amines) is 1. The summed E-state index contributed by atoms with van der Waals surface area (Å²) in [6.07, 6.45) is 8.03. The highest BCUT2D eigenvalue weighted by Gasteiger charge is 2.27. The number of aliphatic hydroxyl groups excluding tert-OH is 1. The standard InChI is InChI=1S/C15H30N4O.HI/c1-2-16-15(17-9-12-20)18-13-7-10-19(11-8-13)14-5-3-4-6-14;/h13-14,20H,2-12H2,1H3,(H2,16,17,18);1H. The Hall–Kier alpha value is -0.0800. The van der Waals surface area contributed by atoms with E-state index in [1.807, 2.05) is 0 Å². The van der Waals surface area contributed by atoms with Gasteiger partial charge in [-0.05, 0) is 32.6 Å². The zero-order chi connectivity index (χ0) is 14.2. The van der Waals surface area contributed by atoms with Gasteiger partial charge < -0.3 is 20.6 Å². The van der Waals surface area contributed by atoms with Gasteiger partial charge in [-0.15, -0.1) is 24.0 Å². The Morgan fingerprint density at radius 1 is 1.19 bits per heavy atom. The fraction of sp³-hybridized carbons (Fsp3) is 0.933. The van der Waals surface area contributed by atoms with Crippen molar-refractivity contribution in [2.75, 3.05) is 32.8 Å². The molecule has 2 aliphatic rings. The third-order valence-corrected chi connectivity index (χ3v) is 4.43. The van der Waals surface area contributed by atoms with Crippen LogP contribution in [0.3, 0.4) is 0 Å². The number of nitrogens with zero attached hydrogens (tertiary/aromatic N) is 2. The molecule has 1 heterocycles. The van der Waals surface area contributed by atoms with E-state index in [1.54, 1.807) is 0 Å². The molecule has 6 heteroatoms. The molecule has 0 atom stereocenters. The molecule has 1 aliphatic heterocycles. The lowest BCUT2D eigenvalue weighted by Crippen LogP contribution is -2.50. The topological polar surface area (TPSA) is 59.9 Å². The van der Waals surface area contributed by atoms with Gasteiger partial charge in [0.1, 0.15) is 0 Å². The van der Waals surface area contributed by atoms with Gasteiger partial charge in [-0.25, -0.2) is 0 Å². The summed E-state index contributed by atoms with van der Waals surface area (Å²) < 4.78 is 0. The van der Waals surface area contributed by atoms with Crippen LogP contribution in [0, 0.1) is 0 Å². The summed E-state index contributed by atoms with van der Waals surface area (Å²) in [4.78, 5) is 7.04. The molecule has 3 N–H and O–H groups in total. The number of hydrogen-bond acceptors (Lipinski definition) is 3. The Labute approximate surface area is 146 Å². The summed E-state index contributed by atoms with van der Waals surface area (Å²) in [5, 5.41) is 15.6. The number of aliphatic imine (C=N–C) groups is 1. The largest absolute Gasteiger partial charge is 0.394 e. The molecule has 124 valence electrons. The number of piperidine rings is 1. The van der Waals surface area contributed by atoms with Crippen molar-refractivity contribution in [1.82, 2.24) is 15.5 Å². The first-order chi connectivity index (χ1) is 9.83. The lowest BCUT2D eigenvalue weighted by molar-refractivity contribution is 0.150. The number of rotatable bonds is 5. The maximum atomic E-state index is 8.88. The molecule has 0 radical (unpaired) electrons. The lowest BCUT2D eigenvalue weighted by Gasteiger charge is -2.36. The van der Waals surface area contributed by atoms with Crippen LogP contribution < -0.4 is 10.6 Å². The van der Waals surface area contributed by atoms with Gasteiger partial charge in [0.25, 0.3) is 0 Å². The Kier molecular flexibility index (Phi) is 9.59. The zero-order valence-corrected chi connectivity index (χ0v) is 15.5. The average molecular weight is 410 g/mol. The first kappa shape index (κ1) is 19.0. The van der Waals surface area contributed by atoms with Crippen LogP contribution in [0.2, 0.25) is 0 Å². The van der Waals surface area contributed by atoms with Gasteiger partial charge in [0.15, 0.2) is 5.96 Å². The number of halogens is 1. The summed E-state index contributed by atoms with van der Waals surface area (Å²) >= 11 is 0. The maximum Gasteiger partial charge on any atom is 0.191 e. The predicted octanol–water partition coefficient (Wildman–Crippen LogP) is 1.56. The fourth-order valence-corrected chi connectivity index (χ4v) is 3.35. The molecule has 0 aromatic heterocycles. The minimum atomic E-state index is 0. The molecule has 0 aromatic carbocycles. The Balaban J connectivity index is 0.00000220. The minimum Gasteiger partial charge on any atom is -0.394 e. The molecule has 5 nitrogen and oxygen atoms in total. The second kappa shape index (κ2) is 10.6. The average Bonchev–Trinajstić information content (AvgIpc) is 3.00. The normalized spacial score (nSPS) is 22.1. The third kappa shape index (κ3) is 6.28. The summed E-state index contributed by atoms with van der Waals surface area (Å²) in [7, 11) is 0. The van der Waals surface area contributed by atoms with Crippen molar-refractivity contribution < 1.29 is 5.11 Å². The smallest absolute Gasteiger partial charge is 0.191 e. The van der Waals surface area contributed by atoms with Crippen molar-refractivity contribution in [2.24, 2.45) is 4.99 Å². The maximum absolute atomic E-state index is 8.88. The van der Waals surface area contributed by atoms with Gasteiger partial charge in [0, 0.05) is 31.7 Å². The van der Waals surface area contributed by atoms with E-state index in [1.165, 1.54) is 51.6 Å². The van der Waals surface area contributed by atoms with Gasteiger partial charge in [-0.2, -0.15) is 0 Å². The van der Waals surface area contributed by atoms with E-state index in [2.05, 4.69) is 27.4 Å². The monoisotopic (exact) mass is 410 g/mol. The van der Waals surface area contributed by atoms with Crippen molar-refractivity contribution in [3.63, 3.8) is 0 Å². The van der Waals surface area contributed by atoms with Crippen molar-refractivity contribution in [2.45, 2.75) is 57.5 Å². The predicted molar refractivity (Wildman–Crippen MR) is 98.5 cm³/mol. The van der Waals surface area contributed by atoms with Crippen molar-refractivity contribution >= 4 is 29.9 Å². The van der Waals surface area contributed by atoms with E-state index in [9.17, 15) is 0 Å². The Morgan fingerprint density at radius 2 is 1.86 bits per heavy atom. The summed E-state index contributed by atoms with van der Waals surface area (Å²) in [5.74, 6) is 0.848. The van der Waals surface area contributed by atoms with E-state index in [-0.39, 0.29) is 30.6 Å². The van der Waals surface area contributed by atoms with Gasteiger partial charge >= 0.3 is 0 Å². The highest BCUT2D eigenvalue weighted by molar-refractivity contribution is 14.0. The molecule has 0 amide bonds. The molecule has 0 spiro atoms. The molecule has 0 aromatic rings. The molecule has 21 heavy (non-hydrogen) atoms. The van der Waals surface area contributed by atoms with Crippen LogP contribution in [0.5, 0.6) is 0 Å². The highest BCUT2D eigenvalue weighted by atomic mass is 127. The second-order valence-electron chi connectivity index (χ2n) is 5.88. The van der Waals surface area contributed by atoms with Crippen LogP contribution in [0.15, 0.2) is 4.99 Å². The highest BCUT2D eigenvalue weighted by Crippen LogP contribution is 2.26. The Bertz CT molecular complexity index is 300. The molecule has 2 rings (SSSR count).